The fourth-order valence-corrected chi connectivity index (χ4v) is 2.75. The number of aliphatic carboxylic acids is 1. The minimum atomic E-state index is -1.01. The molecule has 0 spiro atoms. The van der Waals surface area contributed by atoms with E-state index >= 15 is 0 Å². The molecule has 1 saturated heterocycles. The highest BCUT2D eigenvalue weighted by Crippen LogP contribution is 2.33. The van der Waals surface area contributed by atoms with E-state index in [4.69, 9.17) is 44.6 Å². The first kappa shape index (κ1) is 16.2. The van der Waals surface area contributed by atoms with Gasteiger partial charge in [-0.15, -0.1) is 0 Å². The van der Waals surface area contributed by atoms with Crippen LogP contribution >= 0.6 is 34.8 Å². The first-order valence-electron chi connectivity index (χ1n) is 6.19. The zero-order valence-electron chi connectivity index (χ0n) is 10.8. The van der Waals surface area contributed by atoms with Crippen LogP contribution in [0.25, 0.3) is 0 Å². The van der Waals surface area contributed by atoms with Crippen molar-refractivity contribution in [3.05, 3.63) is 27.2 Å². The average Bonchev–Trinajstić information content (AvgIpc) is 2.90. The maximum absolute atomic E-state index is 12.0. The van der Waals surface area contributed by atoms with E-state index in [1.807, 2.05) is 0 Å². The molecule has 1 aromatic carbocycles. The van der Waals surface area contributed by atoms with Crippen LogP contribution in [0.4, 0.5) is 0 Å². The lowest BCUT2D eigenvalue weighted by molar-refractivity contribution is -0.148. The molecule has 8 heteroatoms. The van der Waals surface area contributed by atoms with Crippen LogP contribution in [-0.4, -0.2) is 41.1 Å². The van der Waals surface area contributed by atoms with E-state index in [0.717, 1.165) is 0 Å². The van der Waals surface area contributed by atoms with E-state index in [1.165, 1.54) is 17.0 Å². The number of carboxylic acid groups (broad SMARTS) is 1. The van der Waals surface area contributed by atoms with Gasteiger partial charge in [0.15, 0.2) is 6.61 Å². The molecule has 1 atom stereocenters. The number of likely N-dealkylation sites (tertiary alicyclic amines) is 1. The van der Waals surface area contributed by atoms with Gasteiger partial charge in [0, 0.05) is 12.6 Å². The van der Waals surface area contributed by atoms with Crippen LogP contribution in [0.3, 0.4) is 0 Å². The van der Waals surface area contributed by atoms with Gasteiger partial charge in [0.25, 0.3) is 5.91 Å². The van der Waals surface area contributed by atoms with Crippen LogP contribution in [-0.2, 0) is 9.59 Å². The van der Waals surface area contributed by atoms with E-state index in [1.54, 1.807) is 0 Å². The molecule has 1 fully saturated rings. The molecule has 0 aliphatic carbocycles. The molecule has 1 heterocycles. The van der Waals surface area contributed by atoms with Gasteiger partial charge in [-0.2, -0.15) is 0 Å². The van der Waals surface area contributed by atoms with Crippen molar-refractivity contribution in [2.24, 2.45) is 0 Å². The summed E-state index contributed by atoms with van der Waals surface area (Å²) < 4.78 is 5.32. The Balaban J connectivity index is 2.01. The summed E-state index contributed by atoms with van der Waals surface area (Å²) >= 11 is 17.6. The van der Waals surface area contributed by atoms with Gasteiger partial charge in [-0.05, 0) is 18.9 Å². The fraction of sp³-hybridized carbons (Fsp3) is 0.385. The number of carbonyl (C=O) groups excluding carboxylic acids is 1. The second-order valence-corrected chi connectivity index (χ2v) is 5.79. The summed E-state index contributed by atoms with van der Waals surface area (Å²) in [6.07, 6.45) is 1.12. The minimum Gasteiger partial charge on any atom is -0.482 e. The van der Waals surface area contributed by atoms with Crippen LogP contribution in [0.5, 0.6) is 5.75 Å². The third-order valence-electron chi connectivity index (χ3n) is 3.18. The molecule has 1 aliphatic rings. The standard InChI is InChI=1S/C13H12Cl3NO4/c14-7-4-9(16)11(5-8(7)15)21-6-12(18)17-3-1-2-10(17)13(19)20/h4-5,10H,1-3,6H2,(H,19,20)/t10-/m1/s1. The van der Waals surface area contributed by atoms with Gasteiger partial charge in [-0.25, -0.2) is 4.79 Å². The molecular formula is C13H12Cl3NO4. The van der Waals surface area contributed by atoms with Crippen LogP contribution in [0.15, 0.2) is 12.1 Å². The molecular weight excluding hydrogens is 341 g/mol. The highest BCUT2D eigenvalue weighted by atomic mass is 35.5. The monoisotopic (exact) mass is 351 g/mol. The number of hydrogen-bond donors (Lipinski definition) is 1. The lowest BCUT2D eigenvalue weighted by atomic mass is 10.2. The zero-order valence-corrected chi connectivity index (χ0v) is 13.1. The Morgan fingerprint density at radius 1 is 1.24 bits per heavy atom. The Kier molecular flexibility index (Phi) is 5.19. The third-order valence-corrected chi connectivity index (χ3v) is 4.20. The average molecular weight is 353 g/mol. The van der Waals surface area contributed by atoms with Crippen molar-refractivity contribution < 1.29 is 19.4 Å². The normalized spacial score (nSPS) is 17.9. The largest absolute Gasteiger partial charge is 0.482 e. The maximum atomic E-state index is 12.0. The first-order valence-corrected chi connectivity index (χ1v) is 7.33. The number of nitrogens with zero attached hydrogens (tertiary/aromatic N) is 1. The summed E-state index contributed by atoms with van der Waals surface area (Å²) in [4.78, 5) is 24.4. The summed E-state index contributed by atoms with van der Waals surface area (Å²) in [5, 5.41) is 9.81. The van der Waals surface area contributed by atoms with Crippen molar-refractivity contribution in [1.29, 1.82) is 0 Å². The van der Waals surface area contributed by atoms with Gasteiger partial charge >= 0.3 is 5.97 Å². The van der Waals surface area contributed by atoms with Gasteiger partial charge in [0.1, 0.15) is 11.8 Å². The number of ether oxygens (including phenoxy) is 1. The molecule has 1 N–H and O–H groups in total. The molecule has 0 bridgehead atoms. The number of benzene rings is 1. The summed E-state index contributed by atoms with van der Waals surface area (Å²) in [5.74, 6) is -1.18. The Morgan fingerprint density at radius 2 is 1.90 bits per heavy atom. The molecule has 0 radical (unpaired) electrons. The Labute approximate surface area is 136 Å². The fourth-order valence-electron chi connectivity index (χ4n) is 2.16. The molecule has 2 rings (SSSR count). The van der Waals surface area contributed by atoms with Crippen molar-refractivity contribution in [2.45, 2.75) is 18.9 Å². The molecule has 1 aromatic rings. The van der Waals surface area contributed by atoms with Crippen LogP contribution in [0.1, 0.15) is 12.8 Å². The molecule has 21 heavy (non-hydrogen) atoms. The second-order valence-electron chi connectivity index (χ2n) is 4.57. The Hall–Kier alpha value is -1.17. The van der Waals surface area contributed by atoms with E-state index in [-0.39, 0.29) is 27.4 Å². The molecule has 5 nitrogen and oxygen atoms in total. The number of carbonyl (C=O) groups is 2. The van der Waals surface area contributed by atoms with Crippen molar-refractivity contribution in [2.75, 3.05) is 13.2 Å². The summed E-state index contributed by atoms with van der Waals surface area (Å²) in [6.45, 7) is 0.107. The minimum absolute atomic E-state index is 0.227. The highest BCUT2D eigenvalue weighted by Gasteiger charge is 2.34. The summed E-state index contributed by atoms with van der Waals surface area (Å²) in [6, 6.07) is 2.05. The van der Waals surface area contributed by atoms with E-state index in [0.29, 0.717) is 19.4 Å². The molecule has 1 amide bonds. The van der Waals surface area contributed by atoms with E-state index in [9.17, 15) is 9.59 Å². The van der Waals surface area contributed by atoms with Gasteiger partial charge in [0.2, 0.25) is 0 Å². The van der Waals surface area contributed by atoms with Crippen molar-refractivity contribution >= 4 is 46.7 Å². The Morgan fingerprint density at radius 3 is 2.57 bits per heavy atom. The quantitative estimate of drug-likeness (QED) is 0.846. The van der Waals surface area contributed by atoms with Crippen molar-refractivity contribution in [3.8, 4) is 5.75 Å². The summed E-state index contributed by atoms with van der Waals surface area (Å²) in [5.41, 5.74) is 0. The smallest absolute Gasteiger partial charge is 0.326 e. The number of rotatable bonds is 4. The molecule has 114 valence electrons. The van der Waals surface area contributed by atoms with Crippen LogP contribution < -0.4 is 4.74 Å². The van der Waals surface area contributed by atoms with Crippen LogP contribution in [0, 0.1) is 0 Å². The van der Waals surface area contributed by atoms with Crippen molar-refractivity contribution in [1.82, 2.24) is 4.90 Å². The van der Waals surface area contributed by atoms with Crippen molar-refractivity contribution in [3.63, 3.8) is 0 Å². The molecule has 0 unspecified atom stereocenters. The molecule has 1 aliphatic heterocycles. The lowest BCUT2D eigenvalue weighted by Crippen LogP contribution is -2.42. The first-order chi connectivity index (χ1) is 9.90. The van der Waals surface area contributed by atoms with E-state index in [2.05, 4.69) is 0 Å². The number of hydrogen-bond acceptors (Lipinski definition) is 3. The SMILES string of the molecule is O=C(O)[C@H]1CCCN1C(=O)COc1cc(Cl)c(Cl)cc1Cl. The van der Waals surface area contributed by atoms with Gasteiger partial charge in [0.05, 0.1) is 15.1 Å². The summed E-state index contributed by atoms with van der Waals surface area (Å²) in [7, 11) is 0. The number of halogens is 3. The van der Waals surface area contributed by atoms with Crippen LogP contribution in [0.2, 0.25) is 15.1 Å². The topological polar surface area (TPSA) is 66.8 Å². The van der Waals surface area contributed by atoms with E-state index < -0.39 is 17.9 Å². The maximum Gasteiger partial charge on any atom is 0.326 e. The number of amides is 1. The number of carboxylic acids is 1. The Bertz CT molecular complexity index is 579. The lowest BCUT2D eigenvalue weighted by Gasteiger charge is -2.21. The molecule has 0 aromatic heterocycles. The van der Waals surface area contributed by atoms with Gasteiger partial charge < -0.3 is 14.7 Å². The highest BCUT2D eigenvalue weighted by molar-refractivity contribution is 6.43. The predicted octanol–water partition coefficient (Wildman–Crippen LogP) is 3.10. The van der Waals surface area contributed by atoms with Gasteiger partial charge in [-0.3, -0.25) is 4.79 Å². The van der Waals surface area contributed by atoms with Gasteiger partial charge in [-0.1, -0.05) is 34.8 Å². The molecule has 0 saturated carbocycles. The zero-order chi connectivity index (χ0) is 15.6. The third kappa shape index (κ3) is 3.73. The predicted molar refractivity (Wildman–Crippen MR) is 79.3 cm³/mol. The second kappa shape index (κ2) is 6.73.